The zero-order valence-corrected chi connectivity index (χ0v) is 12.0. The van der Waals surface area contributed by atoms with Crippen LogP contribution in [-0.4, -0.2) is 29.1 Å². The van der Waals surface area contributed by atoms with Crippen LogP contribution in [0.25, 0.3) is 0 Å². The van der Waals surface area contributed by atoms with Crippen LogP contribution in [0.5, 0.6) is 0 Å². The van der Waals surface area contributed by atoms with Gasteiger partial charge in [-0.1, -0.05) is 19.1 Å². The van der Waals surface area contributed by atoms with Crippen molar-refractivity contribution in [1.82, 2.24) is 0 Å². The van der Waals surface area contributed by atoms with E-state index >= 15 is 0 Å². The molecule has 0 radical (unpaired) electrons. The molecule has 1 atom stereocenters. The van der Waals surface area contributed by atoms with Crippen LogP contribution >= 0.6 is 24.0 Å². The Balaban J connectivity index is 2.29. The van der Waals surface area contributed by atoms with Gasteiger partial charge in [0.25, 0.3) is 0 Å². The van der Waals surface area contributed by atoms with Gasteiger partial charge in [0.05, 0.1) is 0 Å². The number of anilines is 1. The van der Waals surface area contributed by atoms with E-state index in [9.17, 15) is 4.39 Å². The number of hydrogen-bond donors (Lipinski definition) is 1. The Labute approximate surface area is 117 Å². The number of rotatable bonds is 3. The number of halogens is 1. The predicted octanol–water partition coefficient (Wildman–Crippen LogP) is 2.79. The molecule has 1 fully saturated rings. The minimum absolute atomic E-state index is 0.260. The first kappa shape index (κ1) is 13.6. The van der Waals surface area contributed by atoms with Gasteiger partial charge in [0, 0.05) is 35.3 Å². The summed E-state index contributed by atoms with van der Waals surface area (Å²) in [7, 11) is 0. The second-order valence-electron chi connectivity index (χ2n) is 4.37. The van der Waals surface area contributed by atoms with Gasteiger partial charge in [-0.05, 0) is 24.6 Å². The molecule has 1 aromatic rings. The van der Waals surface area contributed by atoms with E-state index in [-0.39, 0.29) is 10.8 Å². The van der Waals surface area contributed by atoms with Crippen LogP contribution < -0.4 is 10.6 Å². The molecule has 0 aromatic heterocycles. The highest BCUT2D eigenvalue weighted by atomic mass is 32.2. The lowest BCUT2D eigenvalue weighted by Gasteiger charge is -2.34. The third-order valence-electron chi connectivity index (χ3n) is 3.16. The Morgan fingerprint density at radius 2 is 2.39 bits per heavy atom. The van der Waals surface area contributed by atoms with Gasteiger partial charge >= 0.3 is 0 Å². The van der Waals surface area contributed by atoms with E-state index < -0.39 is 0 Å². The Bertz CT molecular complexity index is 451. The molecule has 2 N–H and O–H groups in total. The van der Waals surface area contributed by atoms with Crippen molar-refractivity contribution in [1.29, 1.82) is 0 Å². The van der Waals surface area contributed by atoms with Crippen molar-refractivity contribution >= 4 is 34.7 Å². The standard InChI is InChI=1S/C13H17FN2S2/c1-2-10-8-16(5-6-18-10)12-4-3-9(14)7-11(12)13(15)17/h3-4,7,10H,2,5-6,8H2,1H3,(H2,15,17). The third kappa shape index (κ3) is 2.95. The van der Waals surface area contributed by atoms with Crippen molar-refractivity contribution in [2.24, 2.45) is 5.73 Å². The van der Waals surface area contributed by atoms with Gasteiger partial charge in [0.2, 0.25) is 0 Å². The van der Waals surface area contributed by atoms with E-state index in [1.54, 1.807) is 6.07 Å². The van der Waals surface area contributed by atoms with E-state index in [0.29, 0.717) is 10.8 Å². The number of thiocarbonyl (C=S) groups is 1. The number of hydrogen-bond acceptors (Lipinski definition) is 3. The van der Waals surface area contributed by atoms with Crippen LogP contribution in [0.15, 0.2) is 18.2 Å². The lowest BCUT2D eigenvalue weighted by Crippen LogP contribution is -2.38. The van der Waals surface area contributed by atoms with Gasteiger partial charge in [0.15, 0.2) is 0 Å². The minimum atomic E-state index is -0.292. The second kappa shape index (κ2) is 5.89. The van der Waals surface area contributed by atoms with E-state index in [0.717, 1.165) is 31.0 Å². The summed E-state index contributed by atoms with van der Waals surface area (Å²) in [5.41, 5.74) is 7.30. The van der Waals surface area contributed by atoms with Crippen LogP contribution in [-0.2, 0) is 0 Å². The number of thioether (sulfide) groups is 1. The van der Waals surface area contributed by atoms with Gasteiger partial charge in [-0.3, -0.25) is 0 Å². The van der Waals surface area contributed by atoms with Crippen molar-refractivity contribution in [3.63, 3.8) is 0 Å². The molecule has 18 heavy (non-hydrogen) atoms. The molecule has 1 aliphatic rings. The minimum Gasteiger partial charge on any atom is -0.389 e. The summed E-state index contributed by atoms with van der Waals surface area (Å²) in [6, 6.07) is 4.69. The van der Waals surface area contributed by atoms with E-state index in [1.165, 1.54) is 12.1 Å². The van der Waals surface area contributed by atoms with Crippen molar-refractivity contribution in [2.45, 2.75) is 18.6 Å². The molecule has 1 heterocycles. The molecule has 1 aliphatic heterocycles. The molecule has 1 saturated heterocycles. The summed E-state index contributed by atoms with van der Waals surface area (Å²) in [5.74, 6) is 0.798. The van der Waals surface area contributed by atoms with Crippen molar-refractivity contribution < 1.29 is 4.39 Å². The fourth-order valence-electron chi connectivity index (χ4n) is 2.17. The van der Waals surface area contributed by atoms with E-state index in [4.69, 9.17) is 18.0 Å². The number of nitrogens with two attached hydrogens (primary N) is 1. The van der Waals surface area contributed by atoms with Crippen LogP contribution in [0.4, 0.5) is 10.1 Å². The van der Waals surface area contributed by atoms with Crippen molar-refractivity contribution in [3.05, 3.63) is 29.6 Å². The topological polar surface area (TPSA) is 29.3 Å². The number of benzene rings is 1. The summed E-state index contributed by atoms with van der Waals surface area (Å²) in [6.07, 6.45) is 1.14. The predicted molar refractivity (Wildman–Crippen MR) is 81.0 cm³/mol. The first-order chi connectivity index (χ1) is 8.61. The molecule has 0 aliphatic carbocycles. The molecule has 0 saturated carbocycles. The van der Waals surface area contributed by atoms with Gasteiger partial charge in [-0.25, -0.2) is 4.39 Å². The maximum absolute atomic E-state index is 13.3. The summed E-state index contributed by atoms with van der Waals surface area (Å²) in [5, 5.41) is 0.628. The first-order valence-electron chi connectivity index (χ1n) is 6.07. The number of nitrogens with zero attached hydrogens (tertiary/aromatic N) is 1. The van der Waals surface area contributed by atoms with Crippen molar-refractivity contribution in [2.75, 3.05) is 23.7 Å². The summed E-state index contributed by atoms with van der Waals surface area (Å²) < 4.78 is 13.3. The molecular formula is C13H17FN2S2. The average molecular weight is 284 g/mol. The molecule has 0 amide bonds. The average Bonchev–Trinajstić information content (AvgIpc) is 2.38. The molecule has 2 nitrogen and oxygen atoms in total. The molecular weight excluding hydrogens is 267 g/mol. The highest BCUT2D eigenvalue weighted by molar-refractivity contribution is 8.00. The lowest BCUT2D eigenvalue weighted by molar-refractivity contribution is 0.626. The zero-order chi connectivity index (χ0) is 13.1. The molecule has 0 spiro atoms. The quantitative estimate of drug-likeness (QED) is 0.864. The summed E-state index contributed by atoms with van der Waals surface area (Å²) in [4.78, 5) is 2.52. The van der Waals surface area contributed by atoms with E-state index in [2.05, 4.69) is 11.8 Å². The highest BCUT2D eigenvalue weighted by Gasteiger charge is 2.21. The van der Waals surface area contributed by atoms with Crippen LogP contribution in [0, 0.1) is 5.82 Å². The molecule has 2 rings (SSSR count). The molecule has 5 heteroatoms. The Hall–Kier alpha value is -0.810. The first-order valence-corrected chi connectivity index (χ1v) is 7.53. The summed E-state index contributed by atoms with van der Waals surface area (Å²) in [6.45, 7) is 4.13. The van der Waals surface area contributed by atoms with Crippen LogP contribution in [0.3, 0.4) is 0 Å². The molecule has 1 aromatic carbocycles. The normalized spacial score (nSPS) is 19.9. The monoisotopic (exact) mass is 284 g/mol. The SMILES string of the molecule is CCC1CN(c2ccc(F)cc2C(N)=S)CCS1. The van der Waals surface area contributed by atoms with Crippen LogP contribution in [0.2, 0.25) is 0 Å². The van der Waals surface area contributed by atoms with E-state index in [1.807, 2.05) is 11.8 Å². The third-order valence-corrected chi connectivity index (χ3v) is 4.75. The molecule has 1 unspecified atom stereocenters. The Morgan fingerprint density at radius 1 is 1.61 bits per heavy atom. The van der Waals surface area contributed by atoms with Gasteiger partial charge in [-0.2, -0.15) is 11.8 Å². The lowest BCUT2D eigenvalue weighted by atomic mass is 10.1. The highest BCUT2D eigenvalue weighted by Crippen LogP contribution is 2.28. The smallest absolute Gasteiger partial charge is 0.124 e. The maximum Gasteiger partial charge on any atom is 0.124 e. The van der Waals surface area contributed by atoms with Crippen molar-refractivity contribution in [3.8, 4) is 0 Å². The van der Waals surface area contributed by atoms with Gasteiger partial charge < -0.3 is 10.6 Å². The van der Waals surface area contributed by atoms with Crippen LogP contribution in [0.1, 0.15) is 18.9 Å². The largest absolute Gasteiger partial charge is 0.389 e. The fraction of sp³-hybridized carbons (Fsp3) is 0.462. The zero-order valence-electron chi connectivity index (χ0n) is 10.4. The second-order valence-corrected chi connectivity index (χ2v) is 6.22. The fourth-order valence-corrected chi connectivity index (χ4v) is 3.51. The Morgan fingerprint density at radius 3 is 3.06 bits per heavy atom. The molecule has 98 valence electrons. The van der Waals surface area contributed by atoms with Gasteiger partial charge in [-0.15, -0.1) is 0 Å². The van der Waals surface area contributed by atoms with Gasteiger partial charge in [0.1, 0.15) is 10.8 Å². The Kier molecular flexibility index (Phi) is 4.45. The summed E-state index contributed by atoms with van der Waals surface area (Å²) >= 11 is 7.01. The molecule has 0 bridgehead atoms. The maximum atomic E-state index is 13.3.